The molecule has 1 fully saturated rings. The highest BCUT2D eigenvalue weighted by atomic mass is 35.5. The Hall–Kier alpha value is -2.19. The van der Waals surface area contributed by atoms with Gasteiger partial charge in [0.25, 0.3) is 5.91 Å². The van der Waals surface area contributed by atoms with Gasteiger partial charge in [-0.05, 0) is 57.9 Å². The SMILES string of the molecule is CC(C)(C)NC(=O)N1CCC[C@H](c2nnc(C(=O)Nc3ccc(Cl)cc3)s2)C1. The average molecular weight is 422 g/mol. The first-order valence-electron chi connectivity index (χ1n) is 9.19. The van der Waals surface area contributed by atoms with Gasteiger partial charge in [-0.25, -0.2) is 4.79 Å². The van der Waals surface area contributed by atoms with E-state index in [1.165, 1.54) is 11.3 Å². The smallest absolute Gasteiger partial charge is 0.317 e. The van der Waals surface area contributed by atoms with Crippen molar-refractivity contribution in [1.82, 2.24) is 20.4 Å². The Morgan fingerprint density at radius 3 is 2.61 bits per heavy atom. The van der Waals surface area contributed by atoms with Crippen LogP contribution in [-0.4, -0.2) is 45.7 Å². The zero-order valence-corrected chi connectivity index (χ0v) is 17.7. The van der Waals surface area contributed by atoms with Gasteiger partial charge in [0, 0.05) is 35.3 Å². The predicted octanol–water partition coefficient (Wildman–Crippen LogP) is 4.13. The van der Waals surface area contributed by atoms with E-state index in [1.54, 1.807) is 24.3 Å². The van der Waals surface area contributed by atoms with Gasteiger partial charge >= 0.3 is 6.03 Å². The predicted molar refractivity (Wildman–Crippen MR) is 111 cm³/mol. The minimum atomic E-state index is -0.302. The molecular weight excluding hydrogens is 398 g/mol. The molecule has 0 saturated carbocycles. The van der Waals surface area contributed by atoms with Crippen LogP contribution in [0, 0.1) is 0 Å². The van der Waals surface area contributed by atoms with Crippen LogP contribution in [0.2, 0.25) is 5.02 Å². The lowest BCUT2D eigenvalue weighted by molar-refractivity contribution is 0.102. The highest BCUT2D eigenvalue weighted by Crippen LogP contribution is 2.29. The maximum absolute atomic E-state index is 12.4. The third-order valence-electron chi connectivity index (χ3n) is 4.28. The number of piperidine rings is 1. The highest BCUT2D eigenvalue weighted by Gasteiger charge is 2.29. The van der Waals surface area contributed by atoms with Crippen LogP contribution in [0.15, 0.2) is 24.3 Å². The molecule has 1 aromatic heterocycles. The second-order valence-corrected chi connectivity index (χ2v) is 9.32. The summed E-state index contributed by atoms with van der Waals surface area (Å²) < 4.78 is 0. The fourth-order valence-corrected chi connectivity index (χ4v) is 3.96. The normalized spacial score (nSPS) is 17.3. The molecule has 1 saturated heterocycles. The molecular formula is C19H24ClN5O2S. The van der Waals surface area contributed by atoms with E-state index in [0.29, 0.717) is 22.3 Å². The van der Waals surface area contributed by atoms with Crippen LogP contribution in [0.4, 0.5) is 10.5 Å². The summed E-state index contributed by atoms with van der Waals surface area (Å²) in [6, 6.07) is 6.82. The molecule has 2 aromatic rings. The third-order valence-corrected chi connectivity index (χ3v) is 5.61. The highest BCUT2D eigenvalue weighted by molar-refractivity contribution is 7.13. The van der Waals surface area contributed by atoms with Crippen molar-refractivity contribution in [1.29, 1.82) is 0 Å². The number of hydrogen-bond acceptors (Lipinski definition) is 5. The summed E-state index contributed by atoms with van der Waals surface area (Å²) in [7, 11) is 0. The van der Waals surface area contributed by atoms with E-state index in [-0.39, 0.29) is 23.4 Å². The molecule has 1 atom stereocenters. The summed E-state index contributed by atoms with van der Waals surface area (Å²) in [5.41, 5.74) is 0.369. The molecule has 7 nitrogen and oxygen atoms in total. The molecule has 3 rings (SSSR count). The zero-order chi connectivity index (χ0) is 20.3. The standard InChI is InChI=1S/C19H24ClN5O2S/c1-19(2,3)22-18(27)25-10-4-5-12(11-25)16-23-24-17(28-16)15(26)21-14-8-6-13(20)7-9-14/h6-9,12H,4-5,10-11H2,1-3H3,(H,21,26)(H,22,27)/t12-/m0/s1. The van der Waals surface area contributed by atoms with Gasteiger partial charge < -0.3 is 15.5 Å². The molecule has 2 N–H and O–H groups in total. The monoisotopic (exact) mass is 421 g/mol. The Morgan fingerprint density at radius 1 is 1.21 bits per heavy atom. The molecule has 9 heteroatoms. The van der Waals surface area contributed by atoms with Crippen molar-refractivity contribution in [3.63, 3.8) is 0 Å². The lowest BCUT2D eigenvalue weighted by atomic mass is 9.99. The van der Waals surface area contributed by atoms with Gasteiger partial charge in [-0.15, -0.1) is 10.2 Å². The summed E-state index contributed by atoms with van der Waals surface area (Å²) in [4.78, 5) is 26.7. The minimum Gasteiger partial charge on any atom is -0.333 e. The fourth-order valence-electron chi connectivity index (χ4n) is 2.97. The number of halogens is 1. The number of carbonyl (C=O) groups excluding carboxylic acids is 2. The minimum absolute atomic E-state index is 0.0672. The molecule has 28 heavy (non-hydrogen) atoms. The van der Waals surface area contributed by atoms with Crippen molar-refractivity contribution in [2.24, 2.45) is 0 Å². The van der Waals surface area contributed by atoms with Crippen molar-refractivity contribution in [2.75, 3.05) is 18.4 Å². The molecule has 150 valence electrons. The van der Waals surface area contributed by atoms with Gasteiger partial charge in [0.05, 0.1) is 0 Å². The first kappa shape index (κ1) is 20.5. The second kappa shape index (κ2) is 8.45. The molecule has 0 spiro atoms. The zero-order valence-electron chi connectivity index (χ0n) is 16.2. The first-order chi connectivity index (χ1) is 13.2. The third kappa shape index (κ3) is 5.42. The van der Waals surface area contributed by atoms with E-state index < -0.39 is 0 Å². The number of anilines is 1. The Kier molecular flexibility index (Phi) is 6.20. The van der Waals surface area contributed by atoms with Crippen LogP contribution in [0.25, 0.3) is 0 Å². The van der Waals surface area contributed by atoms with Crippen molar-refractivity contribution in [3.8, 4) is 0 Å². The summed E-state index contributed by atoms with van der Waals surface area (Å²) in [5, 5.41) is 15.7. The van der Waals surface area contributed by atoms with Gasteiger partial charge in [-0.3, -0.25) is 4.79 Å². The largest absolute Gasteiger partial charge is 0.333 e. The number of aromatic nitrogens is 2. The maximum Gasteiger partial charge on any atom is 0.317 e. The van der Waals surface area contributed by atoms with Gasteiger partial charge in [0.2, 0.25) is 5.01 Å². The summed E-state index contributed by atoms with van der Waals surface area (Å²) in [6.45, 7) is 7.18. The molecule has 0 radical (unpaired) electrons. The van der Waals surface area contributed by atoms with Gasteiger partial charge in [0.15, 0.2) is 0 Å². The lowest BCUT2D eigenvalue weighted by Crippen LogP contribution is -2.51. The molecule has 0 aliphatic carbocycles. The van der Waals surface area contributed by atoms with Crippen molar-refractivity contribution in [3.05, 3.63) is 39.3 Å². The number of nitrogens with zero attached hydrogens (tertiary/aromatic N) is 3. The Bertz CT molecular complexity index is 847. The quantitative estimate of drug-likeness (QED) is 0.779. The maximum atomic E-state index is 12.4. The van der Waals surface area contributed by atoms with Crippen LogP contribution in [0.5, 0.6) is 0 Å². The van der Waals surface area contributed by atoms with E-state index in [0.717, 1.165) is 24.4 Å². The summed E-state index contributed by atoms with van der Waals surface area (Å²) in [5.74, 6) is -0.210. The number of benzene rings is 1. The summed E-state index contributed by atoms with van der Waals surface area (Å²) >= 11 is 7.14. The van der Waals surface area contributed by atoms with E-state index in [2.05, 4.69) is 20.8 Å². The number of urea groups is 1. The topological polar surface area (TPSA) is 87.2 Å². The molecule has 1 aliphatic rings. The van der Waals surface area contributed by atoms with Crippen molar-refractivity contribution < 1.29 is 9.59 Å². The number of carbonyl (C=O) groups is 2. The number of hydrogen-bond donors (Lipinski definition) is 2. The Labute approximate surface area is 173 Å². The molecule has 0 unspecified atom stereocenters. The number of rotatable bonds is 3. The Balaban J connectivity index is 1.63. The molecule has 0 bridgehead atoms. The van der Waals surface area contributed by atoms with Crippen LogP contribution >= 0.6 is 22.9 Å². The first-order valence-corrected chi connectivity index (χ1v) is 10.4. The molecule has 1 aromatic carbocycles. The molecule has 2 heterocycles. The van der Waals surface area contributed by atoms with E-state index in [9.17, 15) is 9.59 Å². The van der Waals surface area contributed by atoms with Crippen molar-refractivity contribution in [2.45, 2.75) is 45.1 Å². The fraction of sp³-hybridized carbons (Fsp3) is 0.474. The Morgan fingerprint density at radius 2 is 1.93 bits per heavy atom. The van der Waals surface area contributed by atoms with E-state index >= 15 is 0 Å². The van der Waals surface area contributed by atoms with Crippen LogP contribution in [-0.2, 0) is 0 Å². The van der Waals surface area contributed by atoms with Gasteiger partial charge in [-0.1, -0.05) is 22.9 Å². The van der Waals surface area contributed by atoms with Crippen molar-refractivity contribution >= 4 is 40.6 Å². The van der Waals surface area contributed by atoms with E-state index in [4.69, 9.17) is 11.6 Å². The molecule has 3 amide bonds. The second-order valence-electron chi connectivity index (χ2n) is 7.87. The number of nitrogens with one attached hydrogen (secondary N) is 2. The number of amides is 3. The average Bonchev–Trinajstić information content (AvgIpc) is 3.13. The van der Waals surface area contributed by atoms with Crippen LogP contribution in [0.1, 0.15) is 54.3 Å². The lowest BCUT2D eigenvalue weighted by Gasteiger charge is -2.34. The van der Waals surface area contributed by atoms with E-state index in [1.807, 2.05) is 25.7 Å². The summed E-state index contributed by atoms with van der Waals surface area (Å²) in [6.07, 6.45) is 1.82. The molecule has 1 aliphatic heterocycles. The van der Waals surface area contributed by atoms with Crippen LogP contribution < -0.4 is 10.6 Å². The number of likely N-dealkylation sites (tertiary alicyclic amines) is 1. The van der Waals surface area contributed by atoms with Gasteiger partial charge in [0.1, 0.15) is 5.01 Å². The van der Waals surface area contributed by atoms with Crippen LogP contribution in [0.3, 0.4) is 0 Å². The van der Waals surface area contributed by atoms with Gasteiger partial charge in [-0.2, -0.15) is 0 Å².